The molecule has 0 unspecified atom stereocenters. The predicted octanol–water partition coefficient (Wildman–Crippen LogP) is 2.76. The Bertz CT molecular complexity index is 862. The minimum absolute atomic E-state index is 0.0286. The number of nitrogens with zero attached hydrogens (tertiary/aromatic N) is 3. The number of hydrogen-bond acceptors (Lipinski definition) is 7. The number of nitrogen functional groups attached to an aromatic ring is 1. The normalized spacial score (nSPS) is 10.3. The first kappa shape index (κ1) is 18.5. The zero-order chi connectivity index (χ0) is 18.4. The Balaban J connectivity index is 2.69. The van der Waals surface area contributed by atoms with E-state index in [1.807, 2.05) is 12.1 Å². The third-order valence-corrected chi connectivity index (χ3v) is 4.05. The lowest BCUT2D eigenvalue weighted by molar-refractivity contribution is -0.0498. The number of nitriles is 2. The Kier molecular flexibility index (Phi) is 6.12. The van der Waals surface area contributed by atoms with Crippen molar-refractivity contribution in [1.29, 1.82) is 10.5 Å². The third kappa shape index (κ3) is 4.15. The van der Waals surface area contributed by atoms with Gasteiger partial charge in [0.1, 0.15) is 34.3 Å². The number of hydrogen-bond donors (Lipinski definition) is 2. The largest absolute Gasteiger partial charge is 0.435 e. The highest BCUT2D eigenvalue weighted by atomic mass is 32.2. The number of anilines is 1. The number of aliphatic hydroxyl groups excluding tert-OH is 1. The van der Waals surface area contributed by atoms with Crippen LogP contribution in [0.2, 0.25) is 0 Å². The molecule has 0 saturated heterocycles. The number of ether oxygens (including phenoxy) is 1. The van der Waals surface area contributed by atoms with E-state index >= 15 is 0 Å². The van der Waals surface area contributed by atoms with Crippen LogP contribution in [0.4, 0.5) is 14.6 Å². The number of aliphatic hydroxyl groups is 1. The van der Waals surface area contributed by atoms with E-state index in [1.165, 1.54) is 18.2 Å². The SMILES string of the molecule is N#Cc1c(N)nc(SCCO)c(C#N)c1-c1cccc(OC(F)F)c1. The van der Waals surface area contributed by atoms with Crippen LogP contribution in [0.3, 0.4) is 0 Å². The van der Waals surface area contributed by atoms with Crippen molar-refractivity contribution < 1.29 is 18.6 Å². The van der Waals surface area contributed by atoms with E-state index < -0.39 is 6.61 Å². The first-order valence-corrected chi connectivity index (χ1v) is 7.93. The van der Waals surface area contributed by atoms with E-state index in [1.54, 1.807) is 6.07 Å². The fourth-order valence-corrected chi connectivity index (χ4v) is 2.90. The topological polar surface area (TPSA) is 116 Å². The quantitative estimate of drug-likeness (QED) is 0.759. The summed E-state index contributed by atoms with van der Waals surface area (Å²) in [5.74, 6) is 0.0819. The summed E-state index contributed by atoms with van der Waals surface area (Å²) in [6.45, 7) is -3.14. The molecule has 0 aliphatic rings. The number of nitrogens with two attached hydrogens (primary N) is 1. The number of halogens is 2. The minimum atomic E-state index is -3.00. The summed E-state index contributed by atoms with van der Waals surface area (Å²) in [6, 6.07) is 9.51. The van der Waals surface area contributed by atoms with E-state index in [0.717, 1.165) is 11.8 Å². The number of benzene rings is 1. The molecule has 1 aromatic heterocycles. The highest BCUT2D eigenvalue weighted by molar-refractivity contribution is 7.99. The van der Waals surface area contributed by atoms with E-state index in [2.05, 4.69) is 9.72 Å². The molecule has 0 aliphatic heterocycles. The summed E-state index contributed by atoms with van der Waals surface area (Å²) in [7, 11) is 0. The zero-order valence-electron chi connectivity index (χ0n) is 12.7. The summed E-state index contributed by atoms with van der Waals surface area (Å²) in [5, 5.41) is 28.1. The van der Waals surface area contributed by atoms with Crippen LogP contribution in [0, 0.1) is 22.7 Å². The van der Waals surface area contributed by atoms with Gasteiger partial charge in [-0.15, -0.1) is 11.8 Å². The van der Waals surface area contributed by atoms with E-state index in [-0.39, 0.29) is 45.6 Å². The van der Waals surface area contributed by atoms with Gasteiger partial charge in [0.25, 0.3) is 0 Å². The van der Waals surface area contributed by atoms with Gasteiger partial charge in [0.05, 0.1) is 12.2 Å². The molecule has 1 aromatic carbocycles. The highest BCUT2D eigenvalue weighted by Gasteiger charge is 2.21. The molecular formula is C16H12F2N4O2S. The Morgan fingerprint density at radius 2 is 2.00 bits per heavy atom. The standard InChI is InChI=1S/C16H12F2N4O2S/c17-16(18)24-10-3-1-2-9(6-10)13-11(7-19)14(21)22-15(12(13)8-20)25-5-4-23/h1-3,6,16,23H,4-5H2,(H2,21,22). The van der Waals surface area contributed by atoms with Crippen molar-refractivity contribution in [2.75, 3.05) is 18.1 Å². The van der Waals surface area contributed by atoms with Gasteiger partial charge in [0, 0.05) is 11.3 Å². The van der Waals surface area contributed by atoms with Crippen LogP contribution < -0.4 is 10.5 Å². The van der Waals surface area contributed by atoms with Gasteiger partial charge in [0.2, 0.25) is 0 Å². The second kappa shape index (κ2) is 8.29. The van der Waals surface area contributed by atoms with Crippen LogP contribution >= 0.6 is 11.8 Å². The van der Waals surface area contributed by atoms with Crippen LogP contribution in [-0.4, -0.2) is 29.1 Å². The number of pyridine rings is 1. The molecule has 2 rings (SSSR count). The lowest BCUT2D eigenvalue weighted by atomic mass is 9.97. The third-order valence-electron chi connectivity index (χ3n) is 3.09. The molecule has 0 amide bonds. The number of rotatable bonds is 6. The molecule has 0 atom stereocenters. The van der Waals surface area contributed by atoms with Crippen molar-refractivity contribution >= 4 is 17.6 Å². The molecular weight excluding hydrogens is 350 g/mol. The maximum atomic E-state index is 12.4. The van der Waals surface area contributed by atoms with Gasteiger partial charge in [-0.2, -0.15) is 19.3 Å². The van der Waals surface area contributed by atoms with Crippen LogP contribution in [0.1, 0.15) is 11.1 Å². The monoisotopic (exact) mass is 362 g/mol. The average Bonchev–Trinajstić information content (AvgIpc) is 2.58. The summed E-state index contributed by atoms with van der Waals surface area (Å²) < 4.78 is 29.2. The lowest BCUT2D eigenvalue weighted by Gasteiger charge is -2.13. The minimum Gasteiger partial charge on any atom is -0.435 e. The molecule has 0 spiro atoms. The lowest BCUT2D eigenvalue weighted by Crippen LogP contribution is -2.05. The molecule has 0 fully saturated rings. The second-order valence-corrected chi connectivity index (χ2v) is 5.71. The van der Waals surface area contributed by atoms with Gasteiger partial charge < -0.3 is 15.6 Å². The van der Waals surface area contributed by atoms with E-state index in [0.29, 0.717) is 5.56 Å². The van der Waals surface area contributed by atoms with E-state index in [4.69, 9.17) is 10.8 Å². The number of aromatic nitrogens is 1. The van der Waals surface area contributed by atoms with Gasteiger partial charge in [-0.3, -0.25) is 0 Å². The Hall–Kier alpha value is -2.88. The highest BCUT2D eigenvalue weighted by Crippen LogP contribution is 2.36. The second-order valence-electron chi connectivity index (χ2n) is 4.63. The Morgan fingerprint density at radius 1 is 1.28 bits per heavy atom. The smallest absolute Gasteiger partial charge is 0.387 e. The molecule has 6 nitrogen and oxygen atoms in total. The van der Waals surface area contributed by atoms with Crippen LogP contribution in [0.5, 0.6) is 5.75 Å². The summed E-state index contributed by atoms with van der Waals surface area (Å²) in [4.78, 5) is 4.04. The first-order chi connectivity index (χ1) is 12.0. The van der Waals surface area contributed by atoms with Crippen LogP contribution in [0.25, 0.3) is 11.1 Å². The van der Waals surface area contributed by atoms with Crippen LogP contribution in [-0.2, 0) is 0 Å². The van der Waals surface area contributed by atoms with Crippen molar-refractivity contribution in [3.63, 3.8) is 0 Å². The molecule has 25 heavy (non-hydrogen) atoms. The Labute approximate surface area is 146 Å². The van der Waals surface area contributed by atoms with Gasteiger partial charge in [-0.05, 0) is 17.7 Å². The maximum absolute atomic E-state index is 12.4. The molecule has 3 N–H and O–H groups in total. The van der Waals surface area contributed by atoms with Crippen molar-refractivity contribution in [1.82, 2.24) is 4.98 Å². The summed E-state index contributed by atoms with van der Waals surface area (Å²) in [5.41, 5.74) is 6.38. The average molecular weight is 362 g/mol. The van der Waals surface area contributed by atoms with Gasteiger partial charge in [0.15, 0.2) is 0 Å². The number of alkyl halides is 2. The van der Waals surface area contributed by atoms with Gasteiger partial charge >= 0.3 is 6.61 Å². The molecule has 1 heterocycles. The molecule has 0 saturated carbocycles. The van der Waals surface area contributed by atoms with Crippen molar-refractivity contribution in [2.24, 2.45) is 0 Å². The predicted molar refractivity (Wildman–Crippen MR) is 88.0 cm³/mol. The molecule has 2 aromatic rings. The fourth-order valence-electron chi connectivity index (χ4n) is 2.16. The molecule has 0 radical (unpaired) electrons. The van der Waals surface area contributed by atoms with Crippen LogP contribution in [0.15, 0.2) is 29.3 Å². The molecule has 0 aliphatic carbocycles. The maximum Gasteiger partial charge on any atom is 0.387 e. The number of thioether (sulfide) groups is 1. The Morgan fingerprint density at radius 3 is 2.60 bits per heavy atom. The first-order valence-electron chi connectivity index (χ1n) is 6.94. The zero-order valence-corrected chi connectivity index (χ0v) is 13.6. The molecule has 9 heteroatoms. The molecule has 128 valence electrons. The summed E-state index contributed by atoms with van der Waals surface area (Å²) in [6.07, 6.45) is 0. The van der Waals surface area contributed by atoms with E-state index in [9.17, 15) is 19.3 Å². The molecule has 0 bridgehead atoms. The van der Waals surface area contributed by atoms with Gasteiger partial charge in [-0.25, -0.2) is 4.98 Å². The fraction of sp³-hybridized carbons (Fsp3) is 0.188. The summed E-state index contributed by atoms with van der Waals surface area (Å²) >= 11 is 1.10. The van der Waals surface area contributed by atoms with Crippen molar-refractivity contribution in [3.8, 4) is 29.0 Å². The van der Waals surface area contributed by atoms with Gasteiger partial charge in [-0.1, -0.05) is 12.1 Å². The van der Waals surface area contributed by atoms with Crippen molar-refractivity contribution in [2.45, 2.75) is 11.6 Å². The van der Waals surface area contributed by atoms with Crippen molar-refractivity contribution in [3.05, 3.63) is 35.4 Å².